The molecule has 1 aliphatic carbocycles. The Morgan fingerprint density at radius 1 is 0.828 bits per heavy atom. The molecular weight excluding hydrogens is 352 g/mol. The Hall–Kier alpha value is -3.39. The van der Waals surface area contributed by atoms with Crippen LogP contribution in [-0.2, 0) is 13.0 Å². The first-order valence-electron chi connectivity index (χ1n) is 10.2. The van der Waals surface area contributed by atoms with Crippen LogP contribution < -0.4 is 0 Å². The Balaban J connectivity index is 1.51. The van der Waals surface area contributed by atoms with Crippen LogP contribution >= 0.6 is 0 Å². The molecule has 1 aromatic heterocycles. The summed E-state index contributed by atoms with van der Waals surface area (Å²) < 4.78 is 2.23. The molecule has 0 radical (unpaired) electrons. The third-order valence-electron chi connectivity index (χ3n) is 5.83. The number of imidazole rings is 1. The molecule has 0 bridgehead atoms. The van der Waals surface area contributed by atoms with E-state index in [2.05, 4.69) is 101 Å². The van der Waals surface area contributed by atoms with Gasteiger partial charge in [-0.3, -0.25) is 0 Å². The zero-order valence-electron chi connectivity index (χ0n) is 16.4. The Bertz CT molecular complexity index is 1120. The molecule has 0 fully saturated rings. The fourth-order valence-corrected chi connectivity index (χ4v) is 4.36. The van der Waals surface area contributed by atoms with Crippen LogP contribution in [0.2, 0.25) is 0 Å². The topological polar surface area (TPSA) is 17.8 Å². The number of allylic oxidation sites excluding steroid dienone is 1. The maximum Gasteiger partial charge on any atom is 0.0953 e. The molecule has 0 amide bonds. The van der Waals surface area contributed by atoms with Gasteiger partial charge in [0.05, 0.1) is 18.2 Å². The van der Waals surface area contributed by atoms with Crippen LogP contribution in [0.3, 0.4) is 0 Å². The lowest BCUT2D eigenvalue weighted by molar-refractivity contribution is 0.684. The third-order valence-corrected chi connectivity index (χ3v) is 5.83. The van der Waals surface area contributed by atoms with Gasteiger partial charge < -0.3 is 4.57 Å². The maximum absolute atomic E-state index is 4.44. The fraction of sp³-hybridized carbons (Fsp3) is 0.148. The van der Waals surface area contributed by atoms with Gasteiger partial charge in [0.15, 0.2) is 0 Å². The molecule has 3 aromatic carbocycles. The zero-order valence-corrected chi connectivity index (χ0v) is 16.4. The van der Waals surface area contributed by atoms with Gasteiger partial charge in [0.25, 0.3) is 0 Å². The minimum Gasteiger partial charge on any atom is -0.327 e. The van der Waals surface area contributed by atoms with Crippen molar-refractivity contribution in [3.05, 3.63) is 125 Å². The van der Waals surface area contributed by atoms with Crippen LogP contribution in [0.15, 0.2) is 97.5 Å². The number of nitrogens with zero attached hydrogens (tertiary/aromatic N) is 2. The quantitative estimate of drug-likeness (QED) is 0.414. The molecule has 1 atom stereocenters. The van der Waals surface area contributed by atoms with Crippen molar-refractivity contribution in [2.45, 2.75) is 25.3 Å². The van der Waals surface area contributed by atoms with Gasteiger partial charge in [-0.15, -0.1) is 0 Å². The molecule has 2 nitrogen and oxygen atoms in total. The highest BCUT2D eigenvalue weighted by Gasteiger charge is 2.23. The molecule has 29 heavy (non-hydrogen) atoms. The Morgan fingerprint density at radius 2 is 1.55 bits per heavy atom. The summed E-state index contributed by atoms with van der Waals surface area (Å²) >= 11 is 0. The predicted octanol–water partition coefficient (Wildman–Crippen LogP) is 6.20. The van der Waals surface area contributed by atoms with Crippen LogP contribution in [0.5, 0.6) is 0 Å². The van der Waals surface area contributed by atoms with Gasteiger partial charge in [0.1, 0.15) is 0 Å². The second-order valence-electron chi connectivity index (χ2n) is 7.77. The van der Waals surface area contributed by atoms with Gasteiger partial charge in [-0.1, -0.05) is 84.9 Å². The van der Waals surface area contributed by atoms with Gasteiger partial charge >= 0.3 is 0 Å². The maximum atomic E-state index is 4.44. The minimum atomic E-state index is 0.517. The highest BCUT2D eigenvalue weighted by Crippen LogP contribution is 2.40. The van der Waals surface area contributed by atoms with E-state index in [9.17, 15) is 0 Å². The van der Waals surface area contributed by atoms with Crippen LogP contribution in [-0.4, -0.2) is 9.55 Å². The van der Waals surface area contributed by atoms with E-state index in [1.54, 1.807) is 0 Å². The van der Waals surface area contributed by atoms with E-state index in [1.807, 2.05) is 12.5 Å². The summed E-state index contributed by atoms with van der Waals surface area (Å²) in [5.74, 6) is 0.517. The molecule has 0 aliphatic heterocycles. The zero-order chi connectivity index (χ0) is 19.5. The summed E-state index contributed by atoms with van der Waals surface area (Å²) in [4.78, 5) is 4.44. The number of hydrogen-bond acceptors (Lipinski definition) is 1. The first-order chi connectivity index (χ1) is 14.4. The van der Waals surface area contributed by atoms with Gasteiger partial charge in [0.2, 0.25) is 0 Å². The van der Waals surface area contributed by atoms with E-state index in [1.165, 1.54) is 27.8 Å². The predicted molar refractivity (Wildman–Crippen MR) is 120 cm³/mol. The minimum absolute atomic E-state index is 0.517. The molecule has 1 aliphatic rings. The van der Waals surface area contributed by atoms with Crippen molar-refractivity contribution in [1.82, 2.24) is 9.55 Å². The lowest BCUT2D eigenvalue weighted by Gasteiger charge is -2.27. The molecule has 0 spiro atoms. The SMILES string of the molecule is C(=C1CC(c2ccccc2)Cc2ccccc21)c1cncn1Cc1ccccc1. The third kappa shape index (κ3) is 3.79. The average Bonchev–Trinajstić information content (AvgIpc) is 3.21. The Labute approximate surface area is 172 Å². The van der Waals surface area contributed by atoms with Gasteiger partial charge in [0, 0.05) is 6.54 Å². The summed E-state index contributed by atoms with van der Waals surface area (Å²) in [6.45, 7) is 0.837. The van der Waals surface area contributed by atoms with Crippen LogP contribution in [0, 0.1) is 0 Å². The molecule has 1 unspecified atom stereocenters. The second kappa shape index (κ2) is 7.92. The first-order valence-corrected chi connectivity index (χ1v) is 10.2. The van der Waals surface area contributed by atoms with Crippen LogP contribution in [0.4, 0.5) is 0 Å². The highest BCUT2D eigenvalue weighted by atomic mass is 15.0. The van der Waals surface area contributed by atoms with Crippen molar-refractivity contribution < 1.29 is 0 Å². The molecule has 0 saturated heterocycles. The molecule has 5 rings (SSSR count). The van der Waals surface area contributed by atoms with Gasteiger partial charge in [-0.2, -0.15) is 0 Å². The lowest BCUT2D eigenvalue weighted by Crippen LogP contribution is -2.12. The van der Waals surface area contributed by atoms with Crippen molar-refractivity contribution in [3.63, 3.8) is 0 Å². The van der Waals surface area contributed by atoms with Crippen molar-refractivity contribution in [2.75, 3.05) is 0 Å². The number of benzene rings is 3. The Morgan fingerprint density at radius 3 is 2.38 bits per heavy atom. The summed E-state index contributed by atoms with van der Waals surface area (Å²) in [6.07, 6.45) is 8.40. The molecule has 4 aromatic rings. The molecule has 142 valence electrons. The monoisotopic (exact) mass is 376 g/mol. The van der Waals surface area contributed by atoms with E-state index in [4.69, 9.17) is 0 Å². The van der Waals surface area contributed by atoms with Crippen molar-refractivity contribution in [2.24, 2.45) is 0 Å². The molecule has 0 N–H and O–H groups in total. The van der Waals surface area contributed by atoms with Gasteiger partial charge in [-0.25, -0.2) is 4.98 Å². The van der Waals surface area contributed by atoms with E-state index >= 15 is 0 Å². The van der Waals surface area contributed by atoms with Crippen LogP contribution in [0.1, 0.15) is 40.3 Å². The molecule has 1 heterocycles. The Kier molecular flexibility index (Phi) is 4.83. The second-order valence-corrected chi connectivity index (χ2v) is 7.77. The first kappa shape index (κ1) is 17.7. The number of rotatable bonds is 4. The molecule has 0 saturated carbocycles. The highest BCUT2D eigenvalue weighted by molar-refractivity contribution is 5.83. The summed E-state index contributed by atoms with van der Waals surface area (Å²) in [6, 6.07) is 30.3. The van der Waals surface area contributed by atoms with E-state index in [-0.39, 0.29) is 0 Å². The van der Waals surface area contributed by atoms with Crippen molar-refractivity contribution in [3.8, 4) is 0 Å². The summed E-state index contributed by atoms with van der Waals surface area (Å²) in [5.41, 5.74) is 8.09. The van der Waals surface area contributed by atoms with E-state index in [0.717, 1.165) is 25.1 Å². The number of aromatic nitrogens is 2. The largest absolute Gasteiger partial charge is 0.327 e. The summed E-state index contributed by atoms with van der Waals surface area (Å²) in [5, 5.41) is 0. The van der Waals surface area contributed by atoms with Gasteiger partial charge in [-0.05, 0) is 52.7 Å². The normalized spacial score (nSPS) is 17.2. The van der Waals surface area contributed by atoms with Crippen molar-refractivity contribution in [1.29, 1.82) is 0 Å². The molecular formula is C27H24N2. The fourth-order valence-electron chi connectivity index (χ4n) is 4.36. The molecule has 2 heteroatoms. The van der Waals surface area contributed by atoms with E-state index in [0.29, 0.717) is 5.92 Å². The smallest absolute Gasteiger partial charge is 0.0953 e. The average molecular weight is 377 g/mol. The van der Waals surface area contributed by atoms with Crippen molar-refractivity contribution >= 4 is 11.6 Å². The number of hydrogen-bond donors (Lipinski definition) is 0. The van der Waals surface area contributed by atoms with E-state index < -0.39 is 0 Å². The summed E-state index contributed by atoms with van der Waals surface area (Å²) in [7, 11) is 0. The number of fused-ring (bicyclic) bond motifs is 1. The lowest BCUT2D eigenvalue weighted by atomic mass is 9.77. The van der Waals surface area contributed by atoms with Crippen LogP contribution in [0.25, 0.3) is 11.6 Å². The standard InChI is InChI=1S/C27H24N2/c1-3-9-21(10-4-1)19-29-20-28-18-26(29)17-25-16-24(22-11-5-2-6-12-22)15-23-13-7-8-14-27(23)25/h1-14,17-18,20,24H,15-16,19H2.